The van der Waals surface area contributed by atoms with E-state index >= 15 is 0 Å². The summed E-state index contributed by atoms with van der Waals surface area (Å²) in [5.74, 6) is 0. The number of halogens is 4. The summed E-state index contributed by atoms with van der Waals surface area (Å²) >= 11 is 5.41. The molecule has 0 spiro atoms. The maximum absolute atomic E-state index is 12.6. The quantitative estimate of drug-likeness (QED) is 0.770. The van der Waals surface area contributed by atoms with Gasteiger partial charge in [-0.1, -0.05) is 11.6 Å². The Hall–Kier alpha value is -1.03. The molecule has 0 aliphatic heterocycles. The van der Waals surface area contributed by atoms with Crippen LogP contribution >= 0.6 is 11.6 Å². The predicted molar refractivity (Wildman–Crippen MR) is 66.1 cm³/mol. The Morgan fingerprint density at radius 2 is 1.95 bits per heavy atom. The van der Waals surface area contributed by atoms with Gasteiger partial charge in [0.25, 0.3) is 10.2 Å². The van der Waals surface area contributed by atoms with Crippen molar-refractivity contribution < 1.29 is 21.6 Å². The van der Waals surface area contributed by atoms with Crippen LogP contribution in [0, 0.1) is 0 Å². The molecule has 0 aromatic heterocycles. The lowest BCUT2D eigenvalue weighted by molar-refractivity contribution is -0.137. The largest absolute Gasteiger partial charge is 0.417 e. The van der Waals surface area contributed by atoms with Gasteiger partial charge in [-0.05, 0) is 18.2 Å². The molecule has 1 aromatic carbocycles. The van der Waals surface area contributed by atoms with Gasteiger partial charge in [-0.25, -0.2) is 0 Å². The van der Waals surface area contributed by atoms with Crippen molar-refractivity contribution in [2.45, 2.75) is 6.18 Å². The van der Waals surface area contributed by atoms with Crippen molar-refractivity contribution in [3.05, 3.63) is 28.8 Å². The maximum atomic E-state index is 12.6. The average Bonchev–Trinajstić information content (AvgIpc) is 2.27. The molecule has 0 unspecified atom stereocenters. The van der Waals surface area contributed by atoms with Crippen molar-refractivity contribution in [1.82, 2.24) is 4.72 Å². The number of rotatable bonds is 5. The van der Waals surface area contributed by atoms with Crippen molar-refractivity contribution in [3.8, 4) is 0 Å². The number of benzene rings is 1. The molecule has 0 atom stereocenters. The van der Waals surface area contributed by atoms with Crippen LogP contribution < -0.4 is 15.2 Å². The Morgan fingerprint density at radius 3 is 2.47 bits per heavy atom. The zero-order chi connectivity index (χ0) is 14.7. The molecular formula is C9H11ClF3N3O2S. The normalized spacial score (nSPS) is 12.5. The summed E-state index contributed by atoms with van der Waals surface area (Å²) in [5, 5.41) is -0.509. The van der Waals surface area contributed by atoms with E-state index in [1.807, 2.05) is 4.72 Å². The Balaban J connectivity index is 2.98. The van der Waals surface area contributed by atoms with E-state index in [-0.39, 0.29) is 18.8 Å². The molecule has 0 saturated carbocycles. The number of nitrogens with two attached hydrogens (primary N) is 1. The summed E-state index contributed by atoms with van der Waals surface area (Å²) in [6, 6.07) is 2.70. The summed E-state index contributed by atoms with van der Waals surface area (Å²) in [5.41, 5.74) is 3.74. The lowest BCUT2D eigenvalue weighted by Gasteiger charge is -2.12. The van der Waals surface area contributed by atoms with Crippen LogP contribution in [0.15, 0.2) is 18.2 Å². The highest BCUT2D eigenvalue weighted by Crippen LogP contribution is 2.36. The van der Waals surface area contributed by atoms with Crippen molar-refractivity contribution in [3.63, 3.8) is 0 Å². The molecule has 1 aromatic rings. The minimum Gasteiger partial charge on any atom is -0.329 e. The second kappa shape index (κ2) is 5.95. The number of hydrogen-bond acceptors (Lipinski definition) is 3. The highest BCUT2D eigenvalue weighted by Gasteiger charge is 2.33. The SMILES string of the molecule is NCCNS(=O)(=O)Nc1ccc(Cl)c(C(F)(F)F)c1. The second-order valence-corrected chi connectivity index (χ2v) is 5.39. The third-order valence-electron chi connectivity index (χ3n) is 1.96. The zero-order valence-corrected chi connectivity index (χ0v) is 11.0. The molecule has 0 aliphatic rings. The van der Waals surface area contributed by atoms with E-state index in [4.69, 9.17) is 17.3 Å². The Bertz CT molecular complexity index is 548. The first-order valence-electron chi connectivity index (χ1n) is 5.00. The molecule has 19 heavy (non-hydrogen) atoms. The summed E-state index contributed by atoms with van der Waals surface area (Å²) in [7, 11) is -3.96. The van der Waals surface area contributed by atoms with Gasteiger partial charge in [0.2, 0.25) is 0 Å². The molecule has 5 nitrogen and oxygen atoms in total. The molecule has 108 valence electrons. The van der Waals surface area contributed by atoms with E-state index in [2.05, 4.69) is 4.72 Å². The monoisotopic (exact) mass is 317 g/mol. The second-order valence-electron chi connectivity index (χ2n) is 3.48. The van der Waals surface area contributed by atoms with Crippen LogP contribution in [0.4, 0.5) is 18.9 Å². The van der Waals surface area contributed by atoms with Crippen LogP contribution in [0.5, 0.6) is 0 Å². The fourth-order valence-corrected chi connectivity index (χ4v) is 2.31. The van der Waals surface area contributed by atoms with Crippen LogP contribution in [0.2, 0.25) is 5.02 Å². The lowest BCUT2D eigenvalue weighted by Crippen LogP contribution is -2.34. The van der Waals surface area contributed by atoms with Crippen molar-refractivity contribution >= 4 is 27.5 Å². The smallest absolute Gasteiger partial charge is 0.329 e. The Morgan fingerprint density at radius 1 is 1.32 bits per heavy atom. The number of nitrogens with one attached hydrogen (secondary N) is 2. The van der Waals surface area contributed by atoms with Crippen LogP contribution in [-0.2, 0) is 16.4 Å². The Labute approximate surface area is 113 Å². The molecule has 1 rings (SSSR count). The van der Waals surface area contributed by atoms with Gasteiger partial charge in [0, 0.05) is 13.1 Å². The lowest BCUT2D eigenvalue weighted by atomic mass is 10.2. The van der Waals surface area contributed by atoms with E-state index < -0.39 is 27.0 Å². The first-order valence-corrected chi connectivity index (χ1v) is 6.86. The molecule has 0 bridgehead atoms. The predicted octanol–water partition coefficient (Wildman–Crippen LogP) is 1.56. The molecular weight excluding hydrogens is 307 g/mol. The van der Waals surface area contributed by atoms with Gasteiger partial charge < -0.3 is 5.73 Å². The summed E-state index contributed by atoms with van der Waals surface area (Å²) in [4.78, 5) is 0. The molecule has 0 fully saturated rings. The fourth-order valence-electron chi connectivity index (χ4n) is 1.19. The van der Waals surface area contributed by atoms with Crippen LogP contribution in [0.1, 0.15) is 5.56 Å². The van der Waals surface area contributed by atoms with Crippen molar-refractivity contribution in [2.75, 3.05) is 17.8 Å². The molecule has 0 heterocycles. The topological polar surface area (TPSA) is 84.2 Å². The summed E-state index contributed by atoms with van der Waals surface area (Å²) in [6.45, 7) is 0.0321. The van der Waals surface area contributed by atoms with Gasteiger partial charge >= 0.3 is 6.18 Å². The zero-order valence-electron chi connectivity index (χ0n) is 9.46. The minimum absolute atomic E-state index is 0.0327. The molecule has 10 heteroatoms. The first-order chi connectivity index (χ1) is 8.65. The number of alkyl halides is 3. The number of anilines is 1. The molecule has 4 N–H and O–H groups in total. The Kier molecular flexibility index (Phi) is 5.02. The van der Waals surface area contributed by atoms with Gasteiger partial charge in [-0.2, -0.15) is 26.3 Å². The fraction of sp³-hybridized carbons (Fsp3) is 0.333. The average molecular weight is 318 g/mol. The van der Waals surface area contributed by atoms with E-state index in [9.17, 15) is 21.6 Å². The standard InChI is InChI=1S/C9H11ClF3N3O2S/c10-8-2-1-6(5-7(8)9(11,12)13)16-19(17,18)15-4-3-14/h1-2,5,15-16H,3-4,14H2. The van der Waals surface area contributed by atoms with E-state index in [1.54, 1.807) is 0 Å². The van der Waals surface area contributed by atoms with E-state index in [0.717, 1.165) is 12.1 Å². The van der Waals surface area contributed by atoms with Crippen LogP contribution in [0.3, 0.4) is 0 Å². The minimum atomic E-state index is -4.66. The molecule has 0 saturated heterocycles. The van der Waals surface area contributed by atoms with Crippen molar-refractivity contribution in [1.29, 1.82) is 0 Å². The third-order valence-corrected chi connectivity index (χ3v) is 3.38. The van der Waals surface area contributed by atoms with Crippen LogP contribution in [0.25, 0.3) is 0 Å². The van der Waals surface area contributed by atoms with Gasteiger partial charge in [0.15, 0.2) is 0 Å². The highest BCUT2D eigenvalue weighted by molar-refractivity contribution is 7.90. The maximum Gasteiger partial charge on any atom is 0.417 e. The molecule has 0 radical (unpaired) electrons. The summed E-state index contributed by atoms with van der Waals surface area (Å²) < 4.78 is 64.5. The van der Waals surface area contributed by atoms with Crippen LogP contribution in [-0.4, -0.2) is 21.5 Å². The molecule has 0 aliphatic carbocycles. The highest BCUT2D eigenvalue weighted by atomic mass is 35.5. The van der Waals surface area contributed by atoms with E-state index in [1.165, 1.54) is 0 Å². The number of hydrogen-bond donors (Lipinski definition) is 3. The van der Waals surface area contributed by atoms with Gasteiger partial charge in [0.05, 0.1) is 16.3 Å². The third kappa shape index (κ3) is 4.86. The van der Waals surface area contributed by atoms with Crippen molar-refractivity contribution in [2.24, 2.45) is 5.73 Å². The molecule has 0 amide bonds. The van der Waals surface area contributed by atoms with Gasteiger partial charge in [-0.3, -0.25) is 4.72 Å². The first kappa shape index (κ1) is 16.0. The van der Waals surface area contributed by atoms with Gasteiger partial charge in [0.1, 0.15) is 0 Å². The van der Waals surface area contributed by atoms with Gasteiger partial charge in [-0.15, -0.1) is 0 Å². The summed E-state index contributed by atoms with van der Waals surface area (Å²) in [6.07, 6.45) is -4.66. The van der Waals surface area contributed by atoms with E-state index in [0.29, 0.717) is 6.07 Å².